The minimum absolute atomic E-state index is 0.403. The first kappa shape index (κ1) is 14.3. The van der Waals surface area contributed by atoms with Crippen LogP contribution in [0.25, 0.3) is 11.5 Å². The van der Waals surface area contributed by atoms with Crippen LogP contribution in [0.3, 0.4) is 0 Å². The van der Waals surface area contributed by atoms with Crippen molar-refractivity contribution in [2.45, 2.75) is 12.3 Å². The summed E-state index contributed by atoms with van der Waals surface area (Å²) in [5, 5.41) is 7.74. The molecule has 106 valence electrons. The standard InChI is InChI=1S/C16H12BrClN2O/c1-10-9-12(17)7-8-13(10)15-19-20-16(21-15)14(18)11-5-3-2-4-6-11/h2-9,14H,1H3. The molecule has 3 rings (SSSR count). The maximum atomic E-state index is 6.39. The lowest BCUT2D eigenvalue weighted by molar-refractivity contribution is 0.513. The van der Waals surface area contributed by atoms with E-state index in [0.717, 1.165) is 21.2 Å². The van der Waals surface area contributed by atoms with Gasteiger partial charge in [-0.3, -0.25) is 0 Å². The first-order valence-corrected chi connectivity index (χ1v) is 7.67. The van der Waals surface area contributed by atoms with Gasteiger partial charge in [-0.25, -0.2) is 0 Å². The molecule has 0 spiro atoms. The molecule has 1 aromatic heterocycles. The van der Waals surface area contributed by atoms with E-state index in [1.54, 1.807) is 0 Å². The highest BCUT2D eigenvalue weighted by atomic mass is 79.9. The van der Waals surface area contributed by atoms with E-state index in [-0.39, 0.29) is 0 Å². The summed E-state index contributed by atoms with van der Waals surface area (Å²) in [7, 11) is 0. The van der Waals surface area contributed by atoms with Gasteiger partial charge in [0.05, 0.1) is 0 Å². The molecule has 0 saturated carbocycles. The molecule has 0 aliphatic heterocycles. The van der Waals surface area contributed by atoms with Crippen LogP contribution in [0.4, 0.5) is 0 Å². The summed E-state index contributed by atoms with van der Waals surface area (Å²) in [4.78, 5) is 0. The second-order valence-electron chi connectivity index (χ2n) is 4.68. The van der Waals surface area contributed by atoms with Crippen molar-refractivity contribution >= 4 is 27.5 Å². The maximum absolute atomic E-state index is 6.39. The molecule has 1 heterocycles. The van der Waals surface area contributed by atoms with Gasteiger partial charge in [-0.05, 0) is 36.2 Å². The lowest BCUT2D eigenvalue weighted by atomic mass is 10.1. The van der Waals surface area contributed by atoms with Crippen molar-refractivity contribution in [1.29, 1.82) is 0 Å². The van der Waals surface area contributed by atoms with E-state index in [2.05, 4.69) is 26.1 Å². The SMILES string of the molecule is Cc1cc(Br)ccc1-c1nnc(C(Cl)c2ccccc2)o1. The number of rotatable bonds is 3. The summed E-state index contributed by atoms with van der Waals surface area (Å²) in [5.41, 5.74) is 2.90. The number of halogens is 2. The molecule has 0 radical (unpaired) electrons. The number of alkyl halides is 1. The van der Waals surface area contributed by atoms with Crippen LogP contribution in [0, 0.1) is 6.92 Å². The Kier molecular flexibility index (Phi) is 4.08. The van der Waals surface area contributed by atoms with Gasteiger partial charge in [0.2, 0.25) is 11.8 Å². The van der Waals surface area contributed by atoms with Crippen LogP contribution in [-0.2, 0) is 0 Å². The van der Waals surface area contributed by atoms with E-state index in [1.165, 1.54) is 0 Å². The van der Waals surface area contributed by atoms with Crippen LogP contribution in [0.2, 0.25) is 0 Å². The first-order valence-electron chi connectivity index (χ1n) is 6.44. The van der Waals surface area contributed by atoms with Gasteiger partial charge in [0.1, 0.15) is 5.38 Å². The van der Waals surface area contributed by atoms with Crippen molar-refractivity contribution in [2.75, 3.05) is 0 Å². The van der Waals surface area contributed by atoms with E-state index in [4.69, 9.17) is 16.0 Å². The third kappa shape index (κ3) is 3.01. The average molecular weight is 364 g/mol. The van der Waals surface area contributed by atoms with Gasteiger partial charge in [0.25, 0.3) is 0 Å². The van der Waals surface area contributed by atoms with Crippen LogP contribution >= 0.6 is 27.5 Å². The molecule has 3 aromatic rings. The lowest BCUT2D eigenvalue weighted by Crippen LogP contribution is -1.92. The van der Waals surface area contributed by atoms with Gasteiger partial charge in [0.15, 0.2) is 0 Å². The van der Waals surface area contributed by atoms with E-state index < -0.39 is 5.38 Å². The quantitative estimate of drug-likeness (QED) is 0.605. The van der Waals surface area contributed by atoms with Gasteiger partial charge in [-0.2, -0.15) is 0 Å². The molecule has 1 atom stereocenters. The molecule has 5 heteroatoms. The van der Waals surface area contributed by atoms with Gasteiger partial charge in [0, 0.05) is 10.0 Å². The second-order valence-corrected chi connectivity index (χ2v) is 6.03. The summed E-state index contributed by atoms with van der Waals surface area (Å²) in [6.07, 6.45) is 0. The van der Waals surface area contributed by atoms with E-state index in [9.17, 15) is 0 Å². The summed E-state index contributed by atoms with van der Waals surface area (Å²) >= 11 is 9.83. The minimum atomic E-state index is -0.441. The van der Waals surface area contributed by atoms with Crippen LogP contribution in [-0.4, -0.2) is 10.2 Å². The van der Waals surface area contributed by atoms with Crippen molar-refractivity contribution in [2.24, 2.45) is 0 Å². The van der Waals surface area contributed by atoms with Crippen molar-refractivity contribution in [3.63, 3.8) is 0 Å². The van der Waals surface area contributed by atoms with Crippen LogP contribution in [0.15, 0.2) is 57.4 Å². The number of hydrogen-bond donors (Lipinski definition) is 0. The third-order valence-electron chi connectivity index (χ3n) is 3.17. The summed E-state index contributed by atoms with van der Waals surface area (Å²) < 4.78 is 6.75. The van der Waals surface area contributed by atoms with E-state index >= 15 is 0 Å². The van der Waals surface area contributed by atoms with Crippen molar-refractivity contribution < 1.29 is 4.42 Å². The smallest absolute Gasteiger partial charge is 0.248 e. The zero-order valence-electron chi connectivity index (χ0n) is 11.3. The van der Waals surface area contributed by atoms with Gasteiger partial charge in [-0.1, -0.05) is 46.3 Å². The molecule has 0 saturated heterocycles. The molecule has 0 amide bonds. The van der Waals surface area contributed by atoms with Crippen LogP contribution in [0.1, 0.15) is 22.4 Å². The number of benzene rings is 2. The van der Waals surface area contributed by atoms with Crippen LogP contribution in [0.5, 0.6) is 0 Å². The molecule has 0 N–H and O–H groups in total. The van der Waals surface area contributed by atoms with Crippen molar-refractivity contribution in [1.82, 2.24) is 10.2 Å². The highest BCUT2D eigenvalue weighted by Crippen LogP contribution is 2.31. The molecule has 0 aliphatic rings. The van der Waals surface area contributed by atoms with Gasteiger partial charge >= 0.3 is 0 Å². The zero-order chi connectivity index (χ0) is 14.8. The molecule has 2 aromatic carbocycles. The van der Waals surface area contributed by atoms with Crippen LogP contribution < -0.4 is 0 Å². The predicted octanol–water partition coefficient (Wildman–Crippen LogP) is 5.14. The largest absolute Gasteiger partial charge is 0.419 e. The number of aromatic nitrogens is 2. The highest BCUT2D eigenvalue weighted by Gasteiger charge is 2.19. The molecule has 0 bridgehead atoms. The fraction of sp³-hybridized carbons (Fsp3) is 0.125. The summed E-state index contributed by atoms with van der Waals surface area (Å²) in [5.74, 6) is 0.886. The van der Waals surface area contributed by atoms with E-state index in [1.807, 2.05) is 55.5 Å². The Hall–Kier alpha value is -1.65. The fourth-order valence-electron chi connectivity index (χ4n) is 2.08. The molecule has 0 fully saturated rings. The predicted molar refractivity (Wildman–Crippen MR) is 86.3 cm³/mol. The monoisotopic (exact) mass is 362 g/mol. The first-order chi connectivity index (χ1) is 10.1. The van der Waals surface area contributed by atoms with Gasteiger partial charge in [-0.15, -0.1) is 21.8 Å². The number of aryl methyl sites for hydroxylation is 1. The second kappa shape index (κ2) is 6.00. The minimum Gasteiger partial charge on any atom is -0.419 e. The van der Waals surface area contributed by atoms with E-state index in [0.29, 0.717) is 11.8 Å². The van der Waals surface area contributed by atoms with Crippen molar-refractivity contribution in [3.05, 3.63) is 70.0 Å². The Morgan fingerprint density at radius 1 is 1.10 bits per heavy atom. The molecule has 0 aliphatic carbocycles. The summed E-state index contributed by atoms with van der Waals surface area (Å²) in [6.45, 7) is 2.00. The Labute approximate surface area is 136 Å². The van der Waals surface area contributed by atoms with Gasteiger partial charge < -0.3 is 4.42 Å². The Morgan fingerprint density at radius 2 is 1.86 bits per heavy atom. The molecule has 1 unspecified atom stereocenters. The Balaban J connectivity index is 1.93. The number of hydrogen-bond acceptors (Lipinski definition) is 3. The topological polar surface area (TPSA) is 38.9 Å². The Morgan fingerprint density at radius 3 is 2.57 bits per heavy atom. The molecule has 21 heavy (non-hydrogen) atoms. The zero-order valence-corrected chi connectivity index (χ0v) is 13.6. The molecular weight excluding hydrogens is 352 g/mol. The normalized spacial score (nSPS) is 12.3. The molecule has 3 nitrogen and oxygen atoms in total. The summed E-state index contributed by atoms with van der Waals surface area (Å²) in [6, 6.07) is 15.6. The fourth-order valence-corrected chi connectivity index (χ4v) is 2.79. The molecular formula is C16H12BrClN2O. The third-order valence-corrected chi connectivity index (χ3v) is 4.10. The average Bonchev–Trinajstić information content (AvgIpc) is 2.97. The lowest BCUT2D eigenvalue weighted by Gasteiger charge is -2.04. The maximum Gasteiger partial charge on any atom is 0.248 e. The number of nitrogens with zero attached hydrogens (tertiary/aromatic N) is 2. The Bertz CT molecular complexity index is 758. The highest BCUT2D eigenvalue weighted by molar-refractivity contribution is 9.10. The van der Waals surface area contributed by atoms with Crippen molar-refractivity contribution in [3.8, 4) is 11.5 Å².